The summed E-state index contributed by atoms with van der Waals surface area (Å²) < 4.78 is 5.39. The van der Waals surface area contributed by atoms with Gasteiger partial charge in [0.2, 0.25) is 0 Å². The van der Waals surface area contributed by atoms with Crippen LogP contribution in [0.3, 0.4) is 0 Å². The van der Waals surface area contributed by atoms with Crippen LogP contribution >= 0.6 is 0 Å². The highest BCUT2D eigenvalue weighted by Gasteiger charge is 2.20. The Hall–Kier alpha value is -1.14. The van der Waals surface area contributed by atoms with Gasteiger partial charge in [0, 0.05) is 19.3 Å². The Morgan fingerprint density at radius 1 is 1.33 bits per heavy atom. The molecule has 0 amide bonds. The zero-order chi connectivity index (χ0) is 11.4. The van der Waals surface area contributed by atoms with Gasteiger partial charge >= 0.3 is 5.97 Å². The normalized spacial score (nSPS) is 12.5. The minimum atomic E-state index is -1.20. The molecule has 1 unspecified atom stereocenters. The molecule has 0 fully saturated rings. The lowest BCUT2D eigenvalue weighted by Crippen LogP contribution is -2.45. The van der Waals surface area contributed by atoms with Crippen LogP contribution in [-0.4, -0.2) is 55.7 Å². The Bertz CT molecular complexity index is 205. The topological polar surface area (TPSA) is 97.9 Å². The van der Waals surface area contributed by atoms with Crippen molar-refractivity contribution in [2.45, 2.75) is 19.4 Å². The SMILES string of the molecule is CC(=O)OC(CC(=O)[O-])C[N+](C)(C)C.O. The lowest BCUT2D eigenvalue weighted by molar-refractivity contribution is -0.873. The fraction of sp³-hybridized carbons (Fsp3) is 0.778. The second-order valence-electron chi connectivity index (χ2n) is 4.28. The Kier molecular flexibility index (Phi) is 6.91. The molecule has 0 aromatic heterocycles. The molecule has 0 aliphatic rings. The highest BCUT2D eigenvalue weighted by atomic mass is 16.5. The standard InChI is InChI=1S/C9H17NO4.H2O/c1-7(11)14-8(5-9(12)13)6-10(2,3)4;/h8H,5-6H2,1-4H3;1H2. The first-order valence-corrected chi connectivity index (χ1v) is 4.38. The van der Waals surface area contributed by atoms with E-state index >= 15 is 0 Å². The molecular weight excluding hydrogens is 202 g/mol. The molecule has 0 aromatic carbocycles. The highest BCUT2D eigenvalue weighted by molar-refractivity contribution is 5.68. The summed E-state index contributed by atoms with van der Waals surface area (Å²) in [5, 5.41) is 10.4. The van der Waals surface area contributed by atoms with Crippen molar-refractivity contribution in [2.75, 3.05) is 27.7 Å². The third-order valence-electron chi connectivity index (χ3n) is 1.48. The maximum atomic E-state index is 10.7. The fourth-order valence-electron chi connectivity index (χ4n) is 1.17. The predicted octanol–water partition coefficient (Wildman–Crippen LogP) is -2.06. The van der Waals surface area contributed by atoms with E-state index < -0.39 is 18.0 Å². The summed E-state index contributed by atoms with van der Waals surface area (Å²) in [5.74, 6) is -1.67. The van der Waals surface area contributed by atoms with Gasteiger partial charge in [-0.25, -0.2) is 0 Å². The van der Waals surface area contributed by atoms with E-state index in [2.05, 4.69) is 0 Å². The molecule has 0 heterocycles. The first-order chi connectivity index (χ1) is 6.20. The van der Waals surface area contributed by atoms with Gasteiger partial charge < -0.3 is 24.6 Å². The van der Waals surface area contributed by atoms with E-state index in [1.165, 1.54) is 6.92 Å². The minimum absolute atomic E-state index is 0. The molecule has 0 rings (SSSR count). The van der Waals surface area contributed by atoms with Crippen molar-refractivity contribution in [1.29, 1.82) is 0 Å². The van der Waals surface area contributed by atoms with Gasteiger partial charge in [0.25, 0.3) is 0 Å². The minimum Gasteiger partial charge on any atom is -0.550 e. The average molecular weight is 221 g/mol. The van der Waals surface area contributed by atoms with E-state index in [4.69, 9.17) is 4.74 Å². The van der Waals surface area contributed by atoms with Gasteiger partial charge in [-0.05, 0) is 0 Å². The number of aliphatic carboxylic acids is 1. The molecule has 0 saturated heterocycles. The maximum Gasteiger partial charge on any atom is 0.303 e. The van der Waals surface area contributed by atoms with Crippen LogP contribution in [-0.2, 0) is 14.3 Å². The number of carboxylic acid groups (broad SMARTS) is 1. The van der Waals surface area contributed by atoms with Crippen LogP contribution < -0.4 is 5.11 Å². The molecule has 6 nitrogen and oxygen atoms in total. The molecule has 0 aliphatic carbocycles. The van der Waals surface area contributed by atoms with Crippen LogP contribution in [0.1, 0.15) is 13.3 Å². The summed E-state index contributed by atoms with van der Waals surface area (Å²) in [6.45, 7) is 1.71. The molecule has 0 spiro atoms. The lowest BCUT2D eigenvalue weighted by Gasteiger charge is -2.28. The van der Waals surface area contributed by atoms with Gasteiger partial charge in [-0.15, -0.1) is 0 Å². The van der Waals surface area contributed by atoms with Gasteiger partial charge in [-0.1, -0.05) is 0 Å². The number of quaternary nitrogens is 1. The Labute approximate surface area is 89.3 Å². The molecule has 0 aliphatic heterocycles. The fourth-order valence-corrected chi connectivity index (χ4v) is 1.17. The van der Waals surface area contributed by atoms with E-state index in [-0.39, 0.29) is 11.9 Å². The van der Waals surface area contributed by atoms with E-state index in [0.29, 0.717) is 11.0 Å². The van der Waals surface area contributed by atoms with Gasteiger partial charge in [0.15, 0.2) is 6.10 Å². The molecule has 0 bridgehead atoms. The van der Waals surface area contributed by atoms with Crippen molar-refractivity contribution in [3.05, 3.63) is 0 Å². The Morgan fingerprint density at radius 2 is 1.80 bits per heavy atom. The lowest BCUT2D eigenvalue weighted by atomic mass is 10.2. The zero-order valence-electron chi connectivity index (χ0n) is 9.57. The van der Waals surface area contributed by atoms with E-state index in [0.717, 1.165) is 0 Å². The quantitative estimate of drug-likeness (QED) is 0.393. The zero-order valence-corrected chi connectivity index (χ0v) is 9.57. The number of rotatable bonds is 5. The van der Waals surface area contributed by atoms with E-state index in [1.54, 1.807) is 0 Å². The van der Waals surface area contributed by atoms with Crippen LogP contribution in [0.5, 0.6) is 0 Å². The highest BCUT2D eigenvalue weighted by Crippen LogP contribution is 2.04. The molecule has 15 heavy (non-hydrogen) atoms. The number of carbonyl (C=O) groups excluding carboxylic acids is 2. The number of nitrogens with zero attached hydrogens (tertiary/aromatic N) is 1. The first kappa shape index (κ1) is 16.3. The van der Waals surface area contributed by atoms with E-state index in [1.807, 2.05) is 21.1 Å². The summed E-state index contributed by atoms with van der Waals surface area (Å²) >= 11 is 0. The van der Waals surface area contributed by atoms with Crippen molar-refractivity contribution in [3.63, 3.8) is 0 Å². The Morgan fingerprint density at radius 3 is 2.07 bits per heavy atom. The number of carboxylic acids is 1. The number of esters is 1. The number of likely N-dealkylation sites (N-methyl/N-ethyl adjacent to an activating group) is 1. The smallest absolute Gasteiger partial charge is 0.303 e. The second kappa shape index (κ2) is 6.36. The Balaban J connectivity index is 0. The first-order valence-electron chi connectivity index (χ1n) is 4.38. The van der Waals surface area contributed by atoms with Crippen LogP contribution in [0.4, 0.5) is 0 Å². The maximum absolute atomic E-state index is 10.7. The summed E-state index contributed by atoms with van der Waals surface area (Å²) in [7, 11) is 5.68. The van der Waals surface area contributed by atoms with Crippen LogP contribution in [0, 0.1) is 0 Å². The number of ether oxygens (including phenoxy) is 1. The molecule has 0 radical (unpaired) electrons. The summed E-state index contributed by atoms with van der Waals surface area (Å²) in [5.41, 5.74) is 0. The van der Waals surface area contributed by atoms with Crippen molar-refractivity contribution >= 4 is 11.9 Å². The third-order valence-corrected chi connectivity index (χ3v) is 1.48. The summed E-state index contributed by atoms with van der Waals surface area (Å²) in [6, 6.07) is 0. The van der Waals surface area contributed by atoms with Gasteiger partial charge in [0.05, 0.1) is 21.1 Å². The van der Waals surface area contributed by atoms with Crippen molar-refractivity contribution in [2.24, 2.45) is 0 Å². The van der Waals surface area contributed by atoms with Gasteiger partial charge in [-0.2, -0.15) is 0 Å². The summed E-state index contributed by atoms with van der Waals surface area (Å²) in [6.07, 6.45) is -0.868. The second-order valence-corrected chi connectivity index (χ2v) is 4.28. The monoisotopic (exact) mass is 221 g/mol. The van der Waals surface area contributed by atoms with Gasteiger partial charge in [-0.3, -0.25) is 4.79 Å². The van der Waals surface area contributed by atoms with Crippen molar-refractivity contribution in [3.8, 4) is 0 Å². The number of carbonyl (C=O) groups is 2. The predicted molar refractivity (Wildman–Crippen MR) is 51.7 cm³/mol. The van der Waals surface area contributed by atoms with Crippen LogP contribution in [0.25, 0.3) is 0 Å². The van der Waals surface area contributed by atoms with Crippen molar-refractivity contribution in [1.82, 2.24) is 0 Å². The molecule has 6 heteroatoms. The largest absolute Gasteiger partial charge is 0.550 e. The number of hydrogen-bond acceptors (Lipinski definition) is 4. The van der Waals surface area contributed by atoms with Crippen molar-refractivity contribution < 1.29 is 29.4 Å². The molecule has 0 saturated carbocycles. The third kappa shape index (κ3) is 10.8. The molecular formula is C9H19NO5. The molecule has 0 aromatic rings. The molecule has 90 valence electrons. The van der Waals surface area contributed by atoms with Gasteiger partial charge in [0.1, 0.15) is 6.54 Å². The average Bonchev–Trinajstić information content (AvgIpc) is 1.77. The van der Waals surface area contributed by atoms with Crippen LogP contribution in [0.2, 0.25) is 0 Å². The molecule has 1 atom stereocenters. The van der Waals surface area contributed by atoms with E-state index in [9.17, 15) is 14.7 Å². The molecule has 2 N–H and O–H groups in total. The summed E-state index contributed by atoms with van der Waals surface area (Å²) in [4.78, 5) is 21.0. The number of hydrogen-bond donors (Lipinski definition) is 0. The van der Waals surface area contributed by atoms with Crippen LogP contribution in [0.15, 0.2) is 0 Å².